The Kier molecular flexibility index (Phi) is 7.18. The topological polar surface area (TPSA) is 55.3 Å². The zero-order valence-electron chi connectivity index (χ0n) is 15.2. The first-order chi connectivity index (χ1) is 11.7. The van der Waals surface area contributed by atoms with Crippen molar-refractivity contribution in [1.82, 2.24) is 10.2 Å². The van der Waals surface area contributed by atoms with Crippen LogP contribution in [0, 0.1) is 5.41 Å². The van der Waals surface area contributed by atoms with Gasteiger partial charge >= 0.3 is 0 Å². The normalized spacial score (nSPS) is 22.8. The van der Waals surface area contributed by atoms with E-state index in [0.29, 0.717) is 12.0 Å². The van der Waals surface area contributed by atoms with E-state index < -0.39 is 0 Å². The monoisotopic (exact) mass is 461 g/mol. The van der Waals surface area contributed by atoms with Gasteiger partial charge in [-0.25, -0.2) is 0 Å². The Morgan fingerprint density at radius 3 is 2.80 bits per heavy atom. The third-order valence-corrected chi connectivity index (χ3v) is 5.07. The standard InChI is InChI=1S/C18H27N3O3.HI/c1-19-17(21-8-6-18(12-21)7-9-24-13-18)20-11-14-4-5-15(22-2)10-16(14)23-3;/h4-5,10H,6-9,11-13H2,1-3H3,(H,19,20);1H. The van der Waals surface area contributed by atoms with Crippen molar-refractivity contribution in [3.63, 3.8) is 0 Å². The predicted octanol–water partition coefficient (Wildman–Crippen LogP) is 2.51. The number of hydrogen-bond acceptors (Lipinski definition) is 4. The lowest BCUT2D eigenvalue weighted by atomic mass is 9.87. The van der Waals surface area contributed by atoms with Crippen LogP contribution in [-0.4, -0.2) is 58.4 Å². The molecule has 0 saturated carbocycles. The van der Waals surface area contributed by atoms with Gasteiger partial charge in [0.2, 0.25) is 0 Å². The van der Waals surface area contributed by atoms with E-state index in [1.54, 1.807) is 14.2 Å². The maximum Gasteiger partial charge on any atom is 0.193 e. The molecule has 1 aromatic rings. The molecular formula is C18H28IN3O3. The van der Waals surface area contributed by atoms with Crippen molar-refractivity contribution in [2.75, 3.05) is 47.6 Å². The van der Waals surface area contributed by atoms with E-state index in [1.807, 2.05) is 25.2 Å². The number of nitrogens with one attached hydrogen (secondary N) is 1. The minimum Gasteiger partial charge on any atom is -0.497 e. The second-order valence-corrected chi connectivity index (χ2v) is 6.55. The number of aliphatic imine (C=N–C) groups is 1. The molecule has 6 nitrogen and oxygen atoms in total. The summed E-state index contributed by atoms with van der Waals surface area (Å²) in [5.41, 5.74) is 1.41. The van der Waals surface area contributed by atoms with E-state index in [9.17, 15) is 0 Å². The molecule has 0 radical (unpaired) electrons. The van der Waals surface area contributed by atoms with E-state index in [-0.39, 0.29) is 24.0 Å². The van der Waals surface area contributed by atoms with Gasteiger partial charge in [-0.15, -0.1) is 24.0 Å². The van der Waals surface area contributed by atoms with Crippen LogP contribution >= 0.6 is 24.0 Å². The number of benzene rings is 1. The molecule has 140 valence electrons. The van der Waals surface area contributed by atoms with Crippen LogP contribution in [0.4, 0.5) is 0 Å². The van der Waals surface area contributed by atoms with E-state index in [1.165, 1.54) is 6.42 Å². The molecule has 1 N–H and O–H groups in total. The van der Waals surface area contributed by atoms with Crippen LogP contribution in [0.15, 0.2) is 23.2 Å². The Labute approximate surface area is 166 Å². The second kappa shape index (κ2) is 8.93. The first-order valence-corrected chi connectivity index (χ1v) is 8.44. The number of hydrogen-bond donors (Lipinski definition) is 1. The first kappa shape index (κ1) is 20.1. The fraction of sp³-hybridized carbons (Fsp3) is 0.611. The Morgan fingerprint density at radius 2 is 2.16 bits per heavy atom. The van der Waals surface area contributed by atoms with Gasteiger partial charge in [-0.2, -0.15) is 0 Å². The molecule has 1 unspecified atom stereocenters. The van der Waals surface area contributed by atoms with E-state index >= 15 is 0 Å². The third kappa shape index (κ3) is 4.49. The lowest BCUT2D eigenvalue weighted by molar-refractivity contribution is 0.156. The molecule has 1 spiro atoms. The van der Waals surface area contributed by atoms with Crippen molar-refractivity contribution in [3.05, 3.63) is 23.8 Å². The number of halogens is 1. The zero-order chi connectivity index (χ0) is 17.0. The number of likely N-dealkylation sites (tertiary alicyclic amines) is 1. The van der Waals surface area contributed by atoms with Crippen LogP contribution in [0.5, 0.6) is 11.5 Å². The summed E-state index contributed by atoms with van der Waals surface area (Å²) in [6, 6.07) is 5.87. The van der Waals surface area contributed by atoms with Gasteiger partial charge in [-0.05, 0) is 25.0 Å². The average molecular weight is 461 g/mol. The molecule has 3 rings (SSSR count). The summed E-state index contributed by atoms with van der Waals surface area (Å²) in [6.07, 6.45) is 2.34. The molecule has 1 aromatic carbocycles. The van der Waals surface area contributed by atoms with Gasteiger partial charge in [-0.1, -0.05) is 0 Å². The number of methoxy groups -OCH3 is 2. The van der Waals surface area contributed by atoms with Gasteiger partial charge in [0.05, 0.1) is 20.8 Å². The van der Waals surface area contributed by atoms with Crippen LogP contribution < -0.4 is 14.8 Å². The molecule has 7 heteroatoms. The number of ether oxygens (including phenoxy) is 3. The molecule has 25 heavy (non-hydrogen) atoms. The molecular weight excluding hydrogens is 433 g/mol. The van der Waals surface area contributed by atoms with Crippen LogP contribution in [0.3, 0.4) is 0 Å². The Morgan fingerprint density at radius 1 is 1.32 bits per heavy atom. The summed E-state index contributed by atoms with van der Waals surface area (Å²) in [6.45, 7) is 4.49. The highest BCUT2D eigenvalue weighted by atomic mass is 127. The zero-order valence-corrected chi connectivity index (χ0v) is 17.5. The maximum atomic E-state index is 5.61. The smallest absolute Gasteiger partial charge is 0.193 e. The van der Waals surface area contributed by atoms with Gasteiger partial charge in [0, 0.05) is 50.3 Å². The predicted molar refractivity (Wildman–Crippen MR) is 109 cm³/mol. The summed E-state index contributed by atoms with van der Waals surface area (Å²) in [7, 11) is 5.17. The molecule has 1 atom stereocenters. The minimum absolute atomic E-state index is 0. The highest BCUT2D eigenvalue weighted by molar-refractivity contribution is 14.0. The largest absolute Gasteiger partial charge is 0.497 e. The SMILES string of the molecule is CN=C(NCc1ccc(OC)cc1OC)N1CCC2(CCOC2)C1.I. The molecule has 0 aromatic heterocycles. The molecule has 2 saturated heterocycles. The average Bonchev–Trinajstić information content (AvgIpc) is 3.26. The maximum absolute atomic E-state index is 5.61. The van der Waals surface area contributed by atoms with E-state index in [4.69, 9.17) is 14.2 Å². The number of guanidine groups is 1. The summed E-state index contributed by atoms with van der Waals surface area (Å²) >= 11 is 0. The summed E-state index contributed by atoms with van der Waals surface area (Å²) in [5.74, 6) is 2.55. The fourth-order valence-electron chi connectivity index (χ4n) is 3.59. The van der Waals surface area contributed by atoms with Crippen molar-refractivity contribution >= 4 is 29.9 Å². The van der Waals surface area contributed by atoms with Gasteiger partial charge in [-0.3, -0.25) is 4.99 Å². The molecule has 2 aliphatic rings. The van der Waals surface area contributed by atoms with E-state index in [0.717, 1.165) is 55.7 Å². The summed E-state index contributed by atoms with van der Waals surface area (Å²) in [4.78, 5) is 6.79. The van der Waals surface area contributed by atoms with Gasteiger partial charge in [0.1, 0.15) is 11.5 Å². The fourth-order valence-corrected chi connectivity index (χ4v) is 3.59. The van der Waals surface area contributed by atoms with Gasteiger partial charge in [0.15, 0.2) is 5.96 Å². The van der Waals surface area contributed by atoms with Gasteiger partial charge < -0.3 is 24.4 Å². The summed E-state index contributed by atoms with van der Waals surface area (Å²) < 4.78 is 16.3. The Hall–Kier alpha value is -1.22. The van der Waals surface area contributed by atoms with Crippen LogP contribution in [-0.2, 0) is 11.3 Å². The highest BCUT2D eigenvalue weighted by Gasteiger charge is 2.42. The molecule has 2 heterocycles. The Balaban J connectivity index is 0.00000225. The summed E-state index contributed by atoms with van der Waals surface area (Å²) in [5, 5.41) is 3.46. The van der Waals surface area contributed by atoms with E-state index in [2.05, 4.69) is 15.2 Å². The van der Waals surface area contributed by atoms with Crippen molar-refractivity contribution < 1.29 is 14.2 Å². The van der Waals surface area contributed by atoms with Crippen molar-refractivity contribution in [1.29, 1.82) is 0 Å². The first-order valence-electron chi connectivity index (χ1n) is 8.44. The molecule has 2 aliphatic heterocycles. The number of nitrogens with zero attached hydrogens (tertiary/aromatic N) is 2. The van der Waals surface area contributed by atoms with Crippen molar-refractivity contribution in [2.45, 2.75) is 19.4 Å². The second-order valence-electron chi connectivity index (χ2n) is 6.55. The highest BCUT2D eigenvalue weighted by Crippen LogP contribution is 2.38. The quantitative estimate of drug-likeness (QED) is 0.425. The lowest BCUT2D eigenvalue weighted by Crippen LogP contribution is -2.41. The lowest BCUT2D eigenvalue weighted by Gasteiger charge is -2.25. The molecule has 0 amide bonds. The third-order valence-electron chi connectivity index (χ3n) is 5.07. The number of rotatable bonds is 4. The van der Waals surface area contributed by atoms with Crippen LogP contribution in [0.1, 0.15) is 18.4 Å². The minimum atomic E-state index is 0. The van der Waals surface area contributed by atoms with Crippen LogP contribution in [0.25, 0.3) is 0 Å². The molecule has 0 bridgehead atoms. The molecule has 0 aliphatic carbocycles. The van der Waals surface area contributed by atoms with Crippen molar-refractivity contribution in [2.24, 2.45) is 10.4 Å². The van der Waals surface area contributed by atoms with Gasteiger partial charge in [0.25, 0.3) is 0 Å². The molecule has 2 fully saturated rings. The van der Waals surface area contributed by atoms with Crippen molar-refractivity contribution in [3.8, 4) is 11.5 Å². The van der Waals surface area contributed by atoms with Crippen LogP contribution in [0.2, 0.25) is 0 Å². The Bertz CT molecular complexity index is 603.